The van der Waals surface area contributed by atoms with E-state index in [0.29, 0.717) is 24.6 Å². The van der Waals surface area contributed by atoms with E-state index in [4.69, 9.17) is 14.6 Å². The van der Waals surface area contributed by atoms with Gasteiger partial charge in [0.15, 0.2) is 23.7 Å². The first-order valence-electron chi connectivity index (χ1n) is 10.5. The van der Waals surface area contributed by atoms with Crippen LogP contribution >= 0.6 is 0 Å². The van der Waals surface area contributed by atoms with Crippen LogP contribution in [-0.2, 0) is 20.9 Å². The second-order valence-corrected chi connectivity index (χ2v) is 7.66. The van der Waals surface area contributed by atoms with E-state index in [0.717, 1.165) is 24.8 Å². The van der Waals surface area contributed by atoms with Crippen LogP contribution in [0.5, 0.6) is 11.5 Å². The molecule has 9 heteroatoms. The fourth-order valence-corrected chi connectivity index (χ4v) is 2.69. The maximum atomic E-state index is 12.0. The van der Waals surface area contributed by atoms with Gasteiger partial charge in [0.05, 0.1) is 7.11 Å². The molecule has 1 amide bonds. The Bertz CT molecular complexity index is 790. The second-order valence-electron chi connectivity index (χ2n) is 7.66. The zero-order valence-electron chi connectivity index (χ0n) is 18.7. The highest BCUT2D eigenvalue weighted by Gasteiger charge is 2.30. The Kier molecular flexibility index (Phi) is 12.0. The van der Waals surface area contributed by atoms with Crippen LogP contribution in [0.2, 0.25) is 0 Å². The van der Waals surface area contributed by atoms with Gasteiger partial charge in [0.1, 0.15) is 6.61 Å². The molecule has 0 spiro atoms. The summed E-state index contributed by atoms with van der Waals surface area (Å²) in [6.07, 6.45) is 3.13. The topological polar surface area (TPSA) is 142 Å². The number of aliphatic carboxylic acids is 1. The third kappa shape index (κ3) is 9.93. The summed E-state index contributed by atoms with van der Waals surface area (Å²) in [7, 11) is 1.41. The van der Waals surface area contributed by atoms with Gasteiger partial charge in [0.2, 0.25) is 11.7 Å². The van der Waals surface area contributed by atoms with Gasteiger partial charge in [-0.3, -0.25) is 9.59 Å². The summed E-state index contributed by atoms with van der Waals surface area (Å²) in [6.45, 7) is 3.89. The molecule has 0 aliphatic rings. The molecular formula is C23H33NO8. The van der Waals surface area contributed by atoms with Gasteiger partial charge in [-0.1, -0.05) is 32.1 Å². The number of ether oxygens (including phenoxy) is 2. The lowest BCUT2D eigenvalue weighted by Crippen LogP contribution is -2.41. The summed E-state index contributed by atoms with van der Waals surface area (Å²) in [4.78, 5) is 34.4. The minimum Gasteiger partial charge on any atom is -0.493 e. The van der Waals surface area contributed by atoms with Crippen molar-refractivity contribution < 1.29 is 39.2 Å². The van der Waals surface area contributed by atoms with E-state index < -0.39 is 30.6 Å². The third-order valence-corrected chi connectivity index (χ3v) is 4.52. The maximum Gasteiger partial charge on any atom is 0.335 e. The van der Waals surface area contributed by atoms with E-state index in [2.05, 4.69) is 31.3 Å². The smallest absolute Gasteiger partial charge is 0.335 e. The average molecular weight is 452 g/mol. The number of methoxy groups -OCH3 is 1. The molecule has 2 unspecified atom stereocenters. The van der Waals surface area contributed by atoms with Crippen LogP contribution in [0, 0.1) is 5.92 Å². The number of carboxylic acid groups (broad SMARTS) is 1. The number of ketones is 1. The zero-order valence-corrected chi connectivity index (χ0v) is 18.7. The van der Waals surface area contributed by atoms with Crippen molar-refractivity contribution in [3.63, 3.8) is 0 Å². The Hall–Kier alpha value is -2.91. The van der Waals surface area contributed by atoms with Crippen LogP contribution < -0.4 is 14.8 Å². The number of carboxylic acids is 1. The molecular weight excluding hydrogens is 418 g/mol. The minimum atomic E-state index is -2.23. The number of carbonyl (C=O) groups is 3. The van der Waals surface area contributed by atoms with Gasteiger partial charge in [0.25, 0.3) is 0 Å². The zero-order chi connectivity index (χ0) is 24.1. The van der Waals surface area contributed by atoms with Crippen molar-refractivity contribution >= 4 is 17.7 Å². The molecule has 0 saturated carbocycles. The molecule has 32 heavy (non-hydrogen) atoms. The highest BCUT2D eigenvalue weighted by atomic mass is 16.5. The van der Waals surface area contributed by atoms with E-state index in [-0.39, 0.29) is 11.7 Å². The molecule has 178 valence electrons. The van der Waals surface area contributed by atoms with Crippen molar-refractivity contribution in [2.45, 2.75) is 58.3 Å². The number of benzene rings is 1. The SMILES string of the molecule is COc1cc(CNC(=O)CCCC/C=C/C(C)C)ccc1OCC(=O)C(O)C(O)C(=O)O. The summed E-state index contributed by atoms with van der Waals surface area (Å²) in [6, 6.07) is 4.86. The molecule has 4 N–H and O–H groups in total. The summed E-state index contributed by atoms with van der Waals surface area (Å²) in [5.41, 5.74) is 0.759. The first kappa shape index (κ1) is 27.1. The molecule has 0 aliphatic carbocycles. The number of hydrogen-bond donors (Lipinski definition) is 4. The molecule has 0 heterocycles. The lowest BCUT2D eigenvalue weighted by Gasteiger charge is -2.15. The normalized spacial score (nSPS) is 13.1. The molecule has 0 fully saturated rings. The van der Waals surface area contributed by atoms with E-state index in [1.54, 1.807) is 12.1 Å². The summed E-state index contributed by atoms with van der Waals surface area (Å²) >= 11 is 0. The fourth-order valence-electron chi connectivity index (χ4n) is 2.69. The summed E-state index contributed by atoms with van der Waals surface area (Å²) in [5.74, 6) is -1.72. The molecule has 0 saturated heterocycles. The predicted octanol–water partition coefficient (Wildman–Crippen LogP) is 1.84. The monoisotopic (exact) mass is 451 g/mol. The number of Topliss-reactive ketones (excluding diaryl/α,β-unsaturated/α-hetero) is 1. The molecule has 1 rings (SSSR count). The third-order valence-electron chi connectivity index (χ3n) is 4.52. The number of nitrogens with one attached hydrogen (secondary N) is 1. The number of aliphatic hydroxyl groups excluding tert-OH is 2. The van der Waals surface area contributed by atoms with Crippen LogP contribution in [-0.4, -0.2) is 58.9 Å². The molecule has 0 radical (unpaired) electrons. The Balaban J connectivity index is 2.49. The van der Waals surface area contributed by atoms with E-state index >= 15 is 0 Å². The molecule has 0 bridgehead atoms. The number of hydrogen-bond acceptors (Lipinski definition) is 7. The predicted molar refractivity (Wildman–Crippen MR) is 117 cm³/mol. The summed E-state index contributed by atoms with van der Waals surface area (Å²) < 4.78 is 10.5. The van der Waals surface area contributed by atoms with Crippen molar-refractivity contribution in [3.8, 4) is 11.5 Å². The molecule has 9 nitrogen and oxygen atoms in total. The Morgan fingerprint density at radius 3 is 2.44 bits per heavy atom. The van der Waals surface area contributed by atoms with Crippen molar-refractivity contribution in [2.24, 2.45) is 5.92 Å². The van der Waals surface area contributed by atoms with Crippen LogP contribution in [0.3, 0.4) is 0 Å². The Morgan fingerprint density at radius 2 is 1.81 bits per heavy atom. The largest absolute Gasteiger partial charge is 0.493 e. The quantitative estimate of drug-likeness (QED) is 0.234. The van der Waals surface area contributed by atoms with Crippen LogP contribution in [0.15, 0.2) is 30.4 Å². The minimum absolute atomic E-state index is 0.0475. The van der Waals surface area contributed by atoms with Crippen molar-refractivity contribution in [1.82, 2.24) is 5.32 Å². The van der Waals surface area contributed by atoms with Gasteiger partial charge in [-0.2, -0.15) is 0 Å². The number of carbonyl (C=O) groups excluding carboxylic acids is 2. The van der Waals surface area contributed by atoms with Crippen molar-refractivity contribution in [1.29, 1.82) is 0 Å². The molecule has 1 aromatic rings. The van der Waals surface area contributed by atoms with Crippen molar-refractivity contribution in [2.75, 3.05) is 13.7 Å². The maximum absolute atomic E-state index is 12.0. The fraction of sp³-hybridized carbons (Fsp3) is 0.522. The molecule has 0 aliphatic heterocycles. The second kappa shape index (κ2) is 14.2. The Morgan fingerprint density at radius 1 is 1.09 bits per heavy atom. The van der Waals surface area contributed by atoms with E-state index in [9.17, 15) is 24.6 Å². The van der Waals surface area contributed by atoms with Crippen LogP contribution in [0.25, 0.3) is 0 Å². The van der Waals surface area contributed by atoms with Gasteiger partial charge < -0.3 is 30.1 Å². The number of allylic oxidation sites excluding steroid dienone is 2. The van der Waals surface area contributed by atoms with Gasteiger partial charge in [0, 0.05) is 13.0 Å². The van der Waals surface area contributed by atoms with E-state index in [1.807, 2.05) is 0 Å². The number of unbranched alkanes of at least 4 members (excludes halogenated alkanes) is 2. The average Bonchev–Trinajstić information content (AvgIpc) is 2.77. The van der Waals surface area contributed by atoms with Gasteiger partial charge in [-0.05, 0) is 42.9 Å². The first-order valence-corrected chi connectivity index (χ1v) is 10.5. The molecule has 1 aromatic carbocycles. The number of amides is 1. The molecule has 0 aromatic heterocycles. The molecule has 2 atom stereocenters. The van der Waals surface area contributed by atoms with E-state index in [1.165, 1.54) is 13.2 Å². The standard InChI is InChI=1S/C23H33NO8/c1-15(2)8-6-4-5-7-9-20(26)24-13-16-10-11-18(19(12-16)31-3)32-14-17(25)21(27)22(28)23(29)30/h6,8,10-12,15,21-22,27-28H,4-5,7,9,13-14H2,1-3H3,(H,24,26)(H,29,30)/b8-6+. The lowest BCUT2D eigenvalue weighted by atomic mass is 10.1. The number of aliphatic hydroxyl groups is 2. The van der Waals surface area contributed by atoms with Crippen LogP contribution in [0.1, 0.15) is 45.1 Å². The van der Waals surface area contributed by atoms with Crippen molar-refractivity contribution in [3.05, 3.63) is 35.9 Å². The van der Waals surface area contributed by atoms with Crippen LogP contribution in [0.4, 0.5) is 0 Å². The first-order chi connectivity index (χ1) is 15.1. The van der Waals surface area contributed by atoms with Gasteiger partial charge >= 0.3 is 5.97 Å². The van der Waals surface area contributed by atoms with Gasteiger partial charge in [-0.25, -0.2) is 4.79 Å². The highest BCUT2D eigenvalue weighted by molar-refractivity contribution is 5.90. The number of rotatable bonds is 15. The lowest BCUT2D eigenvalue weighted by molar-refractivity contribution is -0.158. The van der Waals surface area contributed by atoms with Gasteiger partial charge in [-0.15, -0.1) is 0 Å². The summed E-state index contributed by atoms with van der Waals surface area (Å²) in [5, 5.41) is 30.2. The Labute approximate surface area is 188 Å². The highest BCUT2D eigenvalue weighted by Crippen LogP contribution is 2.28.